The van der Waals surface area contributed by atoms with Crippen LogP contribution in [0.1, 0.15) is 0 Å². The summed E-state index contributed by atoms with van der Waals surface area (Å²) < 4.78 is 1.07. The van der Waals surface area contributed by atoms with Gasteiger partial charge in [0.15, 0.2) is 0 Å². The van der Waals surface area contributed by atoms with Crippen molar-refractivity contribution in [2.24, 2.45) is 0 Å². The minimum atomic E-state index is 0.547. The lowest BCUT2D eigenvalue weighted by Gasteiger charge is -2.01. The lowest BCUT2D eigenvalue weighted by molar-refractivity contribution is 1.34. The van der Waals surface area contributed by atoms with Gasteiger partial charge in [0.1, 0.15) is 5.82 Å². The van der Waals surface area contributed by atoms with Gasteiger partial charge in [0, 0.05) is 10.7 Å². The van der Waals surface area contributed by atoms with Gasteiger partial charge in [-0.3, -0.25) is 0 Å². The SMILES string of the molecule is Nc1cc(-c2ccc(Br)cc2)ccn1. The van der Waals surface area contributed by atoms with E-state index in [1.54, 1.807) is 6.20 Å². The molecule has 0 bridgehead atoms. The van der Waals surface area contributed by atoms with Crippen molar-refractivity contribution in [3.8, 4) is 11.1 Å². The van der Waals surface area contributed by atoms with Crippen molar-refractivity contribution in [2.45, 2.75) is 0 Å². The number of benzene rings is 1. The minimum Gasteiger partial charge on any atom is -0.384 e. The Morgan fingerprint density at radius 1 is 1.00 bits per heavy atom. The normalized spacial score (nSPS) is 10.1. The summed E-state index contributed by atoms with van der Waals surface area (Å²) in [5.41, 5.74) is 7.83. The maximum atomic E-state index is 5.61. The fraction of sp³-hybridized carbons (Fsp3) is 0. The van der Waals surface area contributed by atoms with Crippen LogP contribution in [-0.4, -0.2) is 4.98 Å². The Morgan fingerprint density at radius 2 is 1.71 bits per heavy atom. The van der Waals surface area contributed by atoms with Crippen LogP contribution in [0, 0.1) is 0 Å². The molecule has 1 aromatic carbocycles. The van der Waals surface area contributed by atoms with Crippen LogP contribution in [0.3, 0.4) is 0 Å². The zero-order valence-corrected chi connectivity index (χ0v) is 9.03. The molecule has 70 valence electrons. The van der Waals surface area contributed by atoms with Crippen molar-refractivity contribution < 1.29 is 0 Å². The molecule has 2 rings (SSSR count). The molecule has 2 aromatic rings. The molecule has 0 radical (unpaired) electrons. The van der Waals surface area contributed by atoms with Crippen molar-refractivity contribution in [1.82, 2.24) is 4.98 Å². The fourth-order valence-corrected chi connectivity index (χ4v) is 1.53. The third-order valence-electron chi connectivity index (χ3n) is 1.96. The van der Waals surface area contributed by atoms with Gasteiger partial charge in [0.2, 0.25) is 0 Å². The van der Waals surface area contributed by atoms with E-state index in [9.17, 15) is 0 Å². The van der Waals surface area contributed by atoms with E-state index in [1.807, 2.05) is 36.4 Å². The van der Waals surface area contributed by atoms with Gasteiger partial charge in [-0.05, 0) is 35.4 Å². The van der Waals surface area contributed by atoms with Crippen LogP contribution in [0.25, 0.3) is 11.1 Å². The highest BCUT2D eigenvalue weighted by molar-refractivity contribution is 9.10. The van der Waals surface area contributed by atoms with E-state index >= 15 is 0 Å². The van der Waals surface area contributed by atoms with Gasteiger partial charge in [-0.2, -0.15) is 0 Å². The maximum Gasteiger partial charge on any atom is 0.123 e. The van der Waals surface area contributed by atoms with Gasteiger partial charge in [-0.15, -0.1) is 0 Å². The first-order chi connectivity index (χ1) is 6.75. The van der Waals surface area contributed by atoms with Gasteiger partial charge in [-0.25, -0.2) is 4.98 Å². The van der Waals surface area contributed by atoms with Gasteiger partial charge in [0.05, 0.1) is 0 Å². The Balaban J connectivity index is 2.44. The molecule has 0 saturated heterocycles. The lowest BCUT2D eigenvalue weighted by atomic mass is 10.1. The highest BCUT2D eigenvalue weighted by Gasteiger charge is 1.97. The molecule has 14 heavy (non-hydrogen) atoms. The molecule has 2 nitrogen and oxygen atoms in total. The third kappa shape index (κ3) is 1.93. The molecule has 0 amide bonds. The van der Waals surface area contributed by atoms with Crippen LogP contribution < -0.4 is 5.73 Å². The summed E-state index contributed by atoms with van der Waals surface area (Å²) in [5, 5.41) is 0. The van der Waals surface area contributed by atoms with Gasteiger partial charge >= 0.3 is 0 Å². The van der Waals surface area contributed by atoms with Crippen LogP contribution in [0.2, 0.25) is 0 Å². The second-order valence-corrected chi connectivity index (χ2v) is 3.89. The van der Waals surface area contributed by atoms with Gasteiger partial charge in [-0.1, -0.05) is 28.1 Å². The first-order valence-corrected chi connectivity index (χ1v) is 5.02. The number of hydrogen-bond acceptors (Lipinski definition) is 2. The van der Waals surface area contributed by atoms with Gasteiger partial charge in [0.25, 0.3) is 0 Å². The Bertz CT molecular complexity index is 437. The molecule has 2 N–H and O–H groups in total. The Kier molecular flexibility index (Phi) is 2.50. The molecule has 0 fully saturated rings. The summed E-state index contributed by atoms with van der Waals surface area (Å²) >= 11 is 3.40. The number of rotatable bonds is 1. The molecule has 1 heterocycles. The van der Waals surface area contributed by atoms with Crippen LogP contribution in [0.4, 0.5) is 5.82 Å². The number of aromatic nitrogens is 1. The fourth-order valence-electron chi connectivity index (χ4n) is 1.27. The predicted octanol–water partition coefficient (Wildman–Crippen LogP) is 3.09. The Morgan fingerprint density at radius 3 is 2.36 bits per heavy atom. The first-order valence-electron chi connectivity index (χ1n) is 4.23. The summed E-state index contributed by atoms with van der Waals surface area (Å²) in [5.74, 6) is 0.547. The minimum absolute atomic E-state index is 0.547. The highest BCUT2D eigenvalue weighted by Crippen LogP contribution is 2.22. The van der Waals surface area contributed by atoms with E-state index in [1.165, 1.54) is 0 Å². The van der Waals surface area contributed by atoms with E-state index in [0.717, 1.165) is 15.6 Å². The van der Waals surface area contributed by atoms with Crippen molar-refractivity contribution in [3.05, 3.63) is 47.1 Å². The monoisotopic (exact) mass is 248 g/mol. The Labute approximate surface area is 90.9 Å². The van der Waals surface area contributed by atoms with E-state index in [0.29, 0.717) is 5.82 Å². The number of hydrogen-bond donors (Lipinski definition) is 1. The largest absolute Gasteiger partial charge is 0.384 e. The molecule has 0 aliphatic carbocycles. The number of halogens is 1. The second kappa shape index (κ2) is 3.80. The number of anilines is 1. The van der Waals surface area contributed by atoms with Crippen LogP contribution in [-0.2, 0) is 0 Å². The zero-order chi connectivity index (χ0) is 9.97. The van der Waals surface area contributed by atoms with E-state index in [2.05, 4.69) is 20.9 Å². The average Bonchev–Trinajstić information content (AvgIpc) is 2.19. The molecule has 0 saturated carbocycles. The standard InChI is InChI=1S/C11H9BrN2/c12-10-3-1-8(2-4-10)9-5-6-14-11(13)7-9/h1-7H,(H2,13,14). The highest BCUT2D eigenvalue weighted by atomic mass is 79.9. The van der Waals surface area contributed by atoms with Crippen molar-refractivity contribution >= 4 is 21.7 Å². The predicted molar refractivity (Wildman–Crippen MR) is 61.8 cm³/mol. The third-order valence-corrected chi connectivity index (χ3v) is 2.49. The molecule has 0 aliphatic heterocycles. The summed E-state index contributed by atoms with van der Waals surface area (Å²) in [6.07, 6.45) is 1.71. The molecule has 0 aliphatic rings. The topological polar surface area (TPSA) is 38.9 Å². The number of nitrogens with zero attached hydrogens (tertiary/aromatic N) is 1. The summed E-state index contributed by atoms with van der Waals surface area (Å²) in [6.45, 7) is 0. The first kappa shape index (κ1) is 9.21. The molecule has 0 unspecified atom stereocenters. The molecular weight excluding hydrogens is 240 g/mol. The van der Waals surface area contributed by atoms with E-state index in [-0.39, 0.29) is 0 Å². The Hall–Kier alpha value is -1.35. The molecule has 0 spiro atoms. The van der Waals surface area contributed by atoms with E-state index in [4.69, 9.17) is 5.73 Å². The number of pyridine rings is 1. The number of nitrogens with two attached hydrogens (primary N) is 1. The lowest BCUT2D eigenvalue weighted by Crippen LogP contribution is -1.89. The zero-order valence-electron chi connectivity index (χ0n) is 7.44. The second-order valence-electron chi connectivity index (χ2n) is 2.98. The van der Waals surface area contributed by atoms with Crippen LogP contribution in [0.15, 0.2) is 47.1 Å². The smallest absolute Gasteiger partial charge is 0.123 e. The molecule has 1 aromatic heterocycles. The van der Waals surface area contributed by atoms with E-state index < -0.39 is 0 Å². The average molecular weight is 249 g/mol. The van der Waals surface area contributed by atoms with Crippen LogP contribution in [0.5, 0.6) is 0 Å². The quantitative estimate of drug-likeness (QED) is 0.843. The molecule has 3 heteroatoms. The summed E-state index contributed by atoms with van der Waals surface area (Å²) in [4.78, 5) is 3.95. The number of nitrogen functional groups attached to an aromatic ring is 1. The summed E-state index contributed by atoms with van der Waals surface area (Å²) in [7, 11) is 0. The van der Waals surface area contributed by atoms with Crippen LogP contribution >= 0.6 is 15.9 Å². The molecule has 0 atom stereocenters. The van der Waals surface area contributed by atoms with Crippen molar-refractivity contribution in [2.75, 3.05) is 5.73 Å². The van der Waals surface area contributed by atoms with Crippen molar-refractivity contribution in [3.63, 3.8) is 0 Å². The maximum absolute atomic E-state index is 5.61. The summed E-state index contributed by atoms with van der Waals surface area (Å²) in [6, 6.07) is 11.9. The van der Waals surface area contributed by atoms with Gasteiger partial charge < -0.3 is 5.73 Å². The van der Waals surface area contributed by atoms with Crippen molar-refractivity contribution in [1.29, 1.82) is 0 Å². The molecular formula is C11H9BrN2.